The van der Waals surface area contributed by atoms with E-state index in [2.05, 4.69) is 26.3 Å². The number of aromatic amines is 1. The number of carbonyl (C=O) groups excluding carboxylic acids is 5. The van der Waals surface area contributed by atoms with Gasteiger partial charge in [0.05, 0.1) is 12.3 Å². The fourth-order valence-electron chi connectivity index (χ4n) is 5.48. The van der Waals surface area contributed by atoms with Crippen LogP contribution in [-0.4, -0.2) is 92.3 Å². The zero-order valence-electron chi connectivity index (χ0n) is 25.2. The van der Waals surface area contributed by atoms with Crippen molar-refractivity contribution in [3.8, 4) is 0 Å². The van der Waals surface area contributed by atoms with Crippen molar-refractivity contribution in [1.29, 1.82) is 0 Å². The van der Waals surface area contributed by atoms with Crippen LogP contribution in [0, 0.1) is 11.8 Å². The molecule has 6 N–H and O–H groups in total. The predicted molar refractivity (Wildman–Crippen MR) is 164 cm³/mol. The van der Waals surface area contributed by atoms with Gasteiger partial charge in [-0.05, 0) is 29.9 Å². The maximum Gasteiger partial charge on any atom is 0.305 e. The zero-order valence-corrected chi connectivity index (χ0v) is 26.0. The topological polar surface area (TPSA) is 190 Å². The summed E-state index contributed by atoms with van der Waals surface area (Å²) in [6.45, 7) is 7.29. The lowest BCUT2D eigenvalue weighted by atomic mass is 9.98. The number of amides is 5. The summed E-state index contributed by atoms with van der Waals surface area (Å²) < 4.78 is 0. The average molecular weight is 629 g/mol. The lowest BCUT2D eigenvalue weighted by molar-refractivity contribution is -0.146. The van der Waals surface area contributed by atoms with Gasteiger partial charge in [-0.1, -0.05) is 45.9 Å². The molecule has 0 unspecified atom stereocenters. The number of aromatic nitrogens is 1. The number of carbonyl (C=O) groups is 6. The number of fused-ring (bicyclic) bond motifs is 2. The summed E-state index contributed by atoms with van der Waals surface area (Å²) in [7, 11) is 0. The maximum atomic E-state index is 13.8. The van der Waals surface area contributed by atoms with Crippen molar-refractivity contribution in [2.45, 2.75) is 77.2 Å². The summed E-state index contributed by atoms with van der Waals surface area (Å²) in [4.78, 5) is 84.3. The first kappa shape index (κ1) is 32.8. The third-order valence-electron chi connectivity index (χ3n) is 7.78. The molecule has 0 bridgehead atoms. The number of H-pyrrole nitrogens is 1. The Hall–Kier alpha value is -4.07. The Morgan fingerprint density at radius 3 is 2.25 bits per heavy atom. The highest BCUT2D eigenvalue weighted by Gasteiger charge is 2.42. The second kappa shape index (κ2) is 14.1. The number of hydrogen-bond acceptors (Lipinski definition) is 7. The van der Waals surface area contributed by atoms with Crippen LogP contribution in [0.5, 0.6) is 0 Å². The number of nitrogens with zero attached hydrogens (tertiary/aromatic N) is 1. The van der Waals surface area contributed by atoms with E-state index in [0.29, 0.717) is 0 Å². The summed E-state index contributed by atoms with van der Waals surface area (Å²) in [6, 6.07) is 1.72. The van der Waals surface area contributed by atoms with E-state index in [-0.39, 0.29) is 36.3 Å². The van der Waals surface area contributed by atoms with Crippen molar-refractivity contribution in [3.63, 3.8) is 0 Å². The lowest BCUT2D eigenvalue weighted by Gasteiger charge is -2.30. The number of para-hydroxylation sites is 1. The molecule has 0 spiro atoms. The molecule has 2 aliphatic rings. The first-order chi connectivity index (χ1) is 20.8. The molecule has 5 amide bonds. The molecular formula is C30H40N6O7S. The van der Waals surface area contributed by atoms with E-state index >= 15 is 0 Å². The summed E-state index contributed by atoms with van der Waals surface area (Å²) in [6.07, 6.45) is 1.28. The monoisotopic (exact) mass is 628 g/mol. The quantitative estimate of drug-likeness (QED) is 0.259. The molecule has 3 heterocycles. The molecule has 4 rings (SSSR count). The molecule has 2 saturated heterocycles. The van der Waals surface area contributed by atoms with Crippen molar-refractivity contribution in [3.05, 3.63) is 36.0 Å². The van der Waals surface area contributed by atoms with Crippen LogP contribution in [0.2, 0.25) is 0 Å². The Morgan fingerprint density at radius 1 is 0.909 bits per heavy atom. The minimum Gasteiger partial charge on any atom is -0.481 e. The summed E-state index contributed by atoms with van der Waals surface area (Å²) in [5.74, 6) is -4.60. The molecule has 0 aliphatic carbocycles. The molecule has 0 radical (unpaired) electrons. The van der Waals surface area contributed by atoms with E-state index in [1.807, 2.05) is 38.1 Å². The number of nitrogens with one attached hydrogen (secondary N) is 5. The van der Waals surface area contributed by atoms with Crippen LogP contribution >= 0.6 is 11.8 Å². The van der Waals surface area contributed by atoms with Gasteiger partial charge in [0.15, 0.2) is 0 Å². The van der Waals surface area contributed by atoms with Crippen LogP contribution < -0.4 is 21.3 Å². The van der Waals surface area contributed by atoms with Gasteiger partial charge >= 0.3 is 5.97 Å². The third kappa shape index (κ3) is 7.71. The van der Waals surface area contributed by atoms with Crippen LogP contribution in [0.4, 0.5) is 0 Å². The number of benzene rings is 1. The minimum atomic E-state index is -1.49. The van der Waals surface area contributed by atoms with Crippen molar-refractivity contribution >= 4 is 58.2 Å². The Balaban J connectivity index is 1.76. The molecule has 2 fully saturated rings. The SMILES string of the molecule is CC(C)C[C@@H]1NC(=O)[C@@H](C(C)C)NC(=O)[C@@H]2CSCN2C(=O)[C@@H](CC(=O)O)NC(=O)[C@@H](Cc2c[nH]c3ccccc23)NC1=O. The van der Waals surface area contributed by atoms with Crippen LogP contribution in [0.15, 0.2) is 30.5 Å². The van der Waals surface area contributed by atoms with E-state index < -0.39 is 72.1 Å². The van der Waals surface area contributed by atoms with Crippen molar-refractivity contribution < 1.29 is 33.9 Å². The molecule has 2 aromatic rings. The van der Waals surface area contributed by atoms with Gasteiger partial charge in [0.1, 0.15) is 30.2 Å². The van der Waals surface area contributed by atoms with Gasteiger partial charge in [0.2, 0.25) is 29.5 Å². The fraction of sp³-hybridized carbons (Fsp3) is 0.533. The Bertz CT molecular complexity index is 1430. The van der Waals surface area contributed by atoms with Gasteiger partial charge in [0, 0.05) is 29.3 Å². The average Bonchev–Trinajstić information content (AvgIpc) is 3.61. The van der Waals surface area contributed by atoms with Gasteiger partial charge in [-0.15, -0.1) is 11.8 Å². The van der Waals surface area contributed by atoms with Crippen molar-refractivity contribution in [2.75, 3.05) is 11.6 Å². The van der Waals surface area contributed by atoms with E-state index in [0.717, 1.165) is 16.5 Å². The highest BCUT2D eigenvalue weighted by atomic mass is 32.2. The Labute approximate surface area is 259 Å². The fourth-order valence-corrected chi connectivity index (χ4v) is 6.64. The van der Waals surface area contributed by atoms with Crippen LogP contribution in [0.25, 0.3) is 10.9 Å². The van der Waals surface area contributed by atoms with Gasteiger partial charge in [0.25, 0.3) is 0 Å². The van der Waals surface area contributed by atoms with Crippen LogP contribution in [0.3, 0.4) is 0 Å². The van der Waals surface area contributed by atoms with Gasteiger partial charge in [-0.25, -0.2) is 0 Å². The first-order valence-electron chi connectivity index (χ1n) is 14.7. The third-order valence-corrected chi connectivity index (χ3v) is 8.79. The smallest absolute Gasteiger partial charge is 0.305 e. The van der Waals surface area contributed by atoms with Gasteiger partial charge < -0.3 is 36.3 Å². The normalized spacial score (nSPS) is 25.6. The second-order valence-corrected chi connectivity index (χ2v) is 13.0. The largest absolute Gasteiger partial charge is 0.481 e. The molecule has 5 atom stereocenters. The molecular weight excluding hydrogens is 588 g/mol. The molecule has 238 valence electrons. The van der Waals surface area contributed by atoms with Crippen molar-refractivity contribution in [1.82, 2.24) is 31.2 Å². The highest BCUT2D eigenvalue weighted by Crippen LogP contribution is 2.24. The summed E-state index contributed by atoms with van der Waals surface area (Å²) in [5.41, 5.74) is 1.54. The number of hydrogen-bond donors (Lipinski definition) is 6. The minimum absolute atomic E-state index is 0.0113. The number of thioether (sulfide) groups is 1. The van der Waals surface area contributed by atoms with Gasteiger partial charge in [-0.2, -0.15) is 0 Å². The summed E-state index contributed by atoms with van der Waals surface area (Å²) in [5, 5.41) is 21.3. The van der Waals surface area contributed by atoms with Crippen molar-refractivity contribution in [2.24, 2.45) is 11.8 Å². The zero-order chi connectivity index (χ0) is 32.1. The molecule has 2 aliphatic heterocycles. The maximum absolute atomic E-state index is 13.8. The van der Waals surface area contributed by atoms with E-state index in [4.69, 9.17) is 0 Å². The van der Waals surface area contributed by atoms with Crippen LogP contribution in [0.1, 0.15) is 46.1 Å². The molecule has 0 saturated carbocycles. The molecule has 1 aromatic carbocycles. The lowest BCUT2D eigenvalue weighted by Crippen LogP contribution is -2.59. The molecule has 14 heteroatoms. The summed E-state index contributed by atoms with van der Waals surface area (Å²) >= 11 is 1.31. The Morgan fingerprint density at radius 2 is 1.57 bits per heavy atom. The number of carboxylic acids is 1. The highest BCUT2D eigenvalue weighted by molar-refractivity contribution is 7.99. The number of carboxylic acid groups (broad SMARTS) is 1. The standard InChI is InChI=1S/C30H40N6O7S/c1-15(2)9-20-26(39)32-21(10-17-12-31-19-8-6-5-7-18(17)19)27(40)34-22(11-24(37)38)30(43)36-14-44-13-23(36)28(41)35-25(16(3)4)29(42)33-20/h5-8,12,15-16,20-23,25,31H,9-11,13-14H2,1-4H3,(H,32,39)(H,33,42)(H,34,40)(H,35,41)(H,37,38)/t20-,21+,22+,23-,25+/m0/s1. The predicted octanol–water partition coefficient (Wildman–Crippen LogP) is 0.742. The number of aliphatic carboxylic acids is 1. The molecule has 1 aromatic heterocycles. The van der Waals surface area contributed by atoms with E-state index in [9.17, 15) is 33.9 Å². The van der Waals surface area contributed by atoms with E-state index in [1.54, 1.807) is 20.0 Å². The van der Waals surface area contributed by atoms with Gasteiger partial charge in [-0.3, -0.25) is 28.8 Å². The molecule has 13 nitrogen and oxygen atoms in total. The van der Waals surface area contributed by atoms with Crippen LogP contribution in [-0.2, 0) is 35.2 Å². The number of rotatable bonds is 7. The molecule has 44 heavy (non-hydrogen) atoms. The first-order valence-corrected chi connectivity index (χ1v) is 15.9. The van der Waals surface area contributed by atoms with E-state index in [1.165, 1.54) is 16.7 Å². The second-order valence-electron chi connectivity index (χ2n) is 12.0. The Kier molecular flexibility index (Phi) is 10.6.